The van der Waals surface area contributed by atoms with Crippen molar-refractivity contribution in [2.24, 2.45) is 0 Å². The molecule has 0 saturated carbocycles. The number of H-pyrrole nitrogens is 1. The molecule has 0 bridgehead atoms. The molecule has 0 aliphatic rings. The minimum Gasteiger partial charge on any atom is -0.345 e. The lowest BCUT2D eigenvalue weighted by molar-refractivity contribution is 0.104. The number of fused-ring (bicyclic) bond motifs is 1. The van der Waals surface area contributed by atoms with E-state index in [1.165, 1.54) is 0 Å². The van der Waals surface area contributed by atoms with Crippen molar-refractivity contribution in [2.75, 3.05) is 0 Å². The summed E-state index contributed by atoms with van der Waals surface area (Å²) in [6, 6.07) is 9.28. The summed E-state index contributed by atoms with van der Waals surface area (Å²) in [4.78, 5) is 19.6. The first-order chi connectivity index (χ1) is 9.15. The molecule has 0 unspecified atom stereocenters. The standard InChI is InChI=1S/C15H11ClN2O/c1-9-3-2-4-10(5-9)14(19)13-8-18-15-12(13)6-11(16)7-17-15/h2-8H,1H3,(H,17,18). The molecule has 0 aliphatic carbocycles. The van der Waals surface area contributed by atoms with E-state index in [4.69, 9.17) is 11.6 Å². The Balaban J connectivity index is 2.14. The minimum atomic E-state index is -0.0287. The van der Waals surface area contributed by atoms with Gasteiger partial charge in [-0.2, -0.15) is 0 Å². The highest BCUT2D eigenvalue weighted by Gasteiger charge is 2.15. The number of hydrogen-bond acceptors (Lipinski definition) is 2. The first-order valence-corrected chi connectivity index (χ1v) is 6.27. The molecule has 1 aromatic carbocycles. The molecule has 0 saturated heterocycles. The maximum atomic E-state index is 12.5. The summed E-state index contributed by atoms with van der Waals surface area (Å²) in [6.07, 6.45) is 3.24. The highest BCUT2D eigenvalue weighted by Crippen LogP contribution is 2.22. The van der Waals surface area contributed by atoms with Crippen LogP contribution in [0.15, 0.2) is 42.7 Å². The Hall–Kier alpha value is -2.13. The predicted octanol–water partition coefficient (Wildman–Crippen LogP) is 3.76. The second-order valence-electron chi connectivity index (χ2n) is 4.45. The summed E-state index contributed by atoms with van der Waals surface area (Å²) < 4.78 is 0. The fourth-order valence-electron chi connectivity index (χ4n) is 2.11. The first kappa shape index (κ1) is 11.9. The van der Waals surface area contributed by atoms with Gasteiger partial charge in [-0.3, -0.25) is 4.79 Å². The van der Waals surface area contributed by atoms with Crippen LogP contribution in [0.4, 0.5) is 0 Å². The Morgan fingerprint density at radius 1 is 1.32 bits per heavy atom. The van der Waals surface area contributed by atoms with Crippen LogP contribution < -0.4 is 0 Å². The molecular weight excluding hydrogens is 260 g/mol. The van der Waals surface area contributed by atoms with Crippen molar-refractivity contribution >= 4 is 28.4 Å². The van der Waals surface area contributed by atoms with Crippen molar-refractivity contribution in [1.82, 2.24) is 9.97 Å². The largest absolute Gasteiger partial charge is 0.345 e. The van der Waals surface area contributed by atoms with Crippen LogP contribution in [0.2, 0.25) is 5.02 Å². The van der Waals surface area contributed by atoms with E-state index in [9.17, 15) is 4.79 Å². The number of nitrogens with one attached hydrogen (secondary N) is 1. The van der Waals surface area contributed by atoms with Crippen molar-refractivity contribution in [3.63, 3.8) is 0 Å². The van der Waals surface area contributed by atoms with Gasteiger partial charge in [-0.05, 0) is 19.1 Å². The third-order valence-corrected chi connectivity index (χ3v) is 3.23. The average Bonchev–Trinajstić information content (AvgIpc) is 2.80. The number of hydrogen-bond donors (Lipinski definition) is 1. The number of aromatic amines is 1. The van der Waals surface area contributed by atoms with E-state index in [1.807, 2.05) is 31.2 Å². The Kier molecular flexibility index (Phi) is 2.84. The number of rotatable bonds is 2. The van der Waals surface area contributed by atoms with E-state index < -0.39 is 0 Å². The molecule has 4 heteroatoms. The van der Waals surface area contributed by atoms with Crippen molar-refractivity contribution in [2.45, 2.75) is 6.92 Å². The summed E-state index contributed by atoms with van der Waals surface area (Å²) in [5.41, 5.74) is 2.98. The van der Waals surface area contributed by atoms with E-state index in [0.29, 0.717) is 21.8 Å². The van der Waals surface area contributed by atoms with Crippen molar-refractivity contribution in [1.29, 1.82) is 0 Å². The molecule has 2 aromatic heterocycles. The Bertz CT molecular complexity index is 777. The van der Waals surface area contributed by atoms with Crippen LogP contribution in [0.1, 0.15) is 21.5 Å². The van der Waals surface area contributed by atoms with E-state index >= 15 is 0 Å². The fraction of sp³-hybridized carbons (Fsp3) is 0.0667. The van der Waals surface area contributed by atoms with E-state index in [-0.39, 0.29) is 5.78 Å². The van der Waals surface area contributed by atoms with Crippen LogP contribution >= 0.6 is 11.6 Å². The number of ketones is 1. The normalized spacial score (nSPS) is 10.8. The van der Waals surface area contributed by atoms with Crippen molar-refractivity contribution in [3.05, 3.63) is 64.4 Å². The molecule has 3 rings (SSSR count). The molecule has 19 heavy (non-hydrogen) atoms. The highest BCUT2D eigenvalue weighted by atomic mass is 35.5. The average molecular weight is 271 g/mol. The predicted molar refractivity (Wildman–Crippen MR) is 75.7 cm³/mol. The van der Waals surface area contributed by atoms with Gasteiger partial charge in [-0.1, -0.05) is 35.4 Å². The minimum absolute atomic E-state index is 0.0287. The molecule has 94 valence electrons. The number of aromatic nitrogens is 2. The molecule has 0 aliphatic heterocycles. The van der Waals surface area contributed by atoms with Gasteiger partial charge in [-0.15, -0.1) is 0 Å². The lowest BCUT2D eigenvalue weighted by Crippen LogP contribution is -2.00. The quantitative estimate of drug-likeness (QED) is 0.721. The van der Waals surface area contributed by atoms with E-state index in [2.05, 4.69) is 9.97 Å². The van der Waals surface area contributed by atoms with Gasteiger partial charge in [0.15, 0.2) is 5.78 Å². The molecular formula is C15H11ClN2O. The molecule has 0 spiro atoms. The van der Waals surface area contributed by atoms with Crippen LogP contribution in [-0.4, -0.2) is 15.8 Å². The van der Waals surface area contributed by atoms with Crippen LogP contribution in [-0.2, 0) is 0 Å². The summed E-state index contributed by atoms with van der Waals surface area (Å²) in [5, 5.41) is 1.27. The monoisotopic (exact) mass is 270 g/mol. The lowest BCUT2D eigenvalue weighted by Gasteiger charge is -2.01. The maximum absolute atomic E-state index is 12.5. The lowest BCUT2D eigenvalue weighted by atomic mass is 10.0. The van der Waals surface area contributed by atoms with Crippen LogP contribution in [0, 0.1) is 6.92 Å². The third kappa shape index (κ3) is 2.13. The zero-order chi connectivity index (χ0) is 13.4. The van der Waals surface area contributed by atoms with Gasteiger partial charge < -0.3 is 4.98 Å². The van der Waals surface area contributed by atoms with Crippen LogP contribution in [0.25, 0.3) is 11.0 Å². The van der Waals surface area contributed by atoms with Gasteiger partial charge in [0, 0.05) is 28.9 Å². The zero-order valence-corrected chi connectivity index (χ0v) is 11.0. The summed E-state index contributed by atoms with van der Waals surface area (Å²) >= 11 is 5.94. The molecule has 0 amide bonds. The van der Waals surface area contributed by atoms with Crippen molar-refractivity contribution < 1.29 is 4.79 Å². The topological polar surface area (TPSA) is 45.8 Å². The summed E-state index contributed by atoms with van der Waals surface area (Å²) in [5.74, 6) is -0.0287. The smallest absolute Gasteiger partial charge is 0.195 e. The first-order valence-electron chi connectivity index (χ1n) is 5.89. The number of nitrogens with zero attached hydrogens (tertiary/aromatic N) is 1. The Labute approximate surface area is 115 Å². The van der Waals surface area contributed by atoms with E-state index in [1.54, 1.807) is 18.5 Å². The Morgan fingerprint density at radius 3 is 2.95 bits per heavy atom. The number of carbonyl (C=O) groups is 1. The second-order valence-corrected chi connectivity index (χ2v) is 4.89. The SMILES string of the molecule is Cc1cccc(C(=O)c2c[nH]c3ncc(Cl)cc23)c1. The van der Waals surface area contributed by atoms with Crippen LogP contribution in [0.5, 0.6) is 0 Å². The van der Waals surface area contributed by atoms with Gasteiger partial charge in [0.1, 0.15) is 5.65 Å². The van der Waals surface area contributed by atoms with Gasteiger partial charge in [0.05, 0.1) is 5.02 Å². The fourth-order valence-corrected chi connectivity index (χ4v) is 2.27. The summed E-state index contributed by atoms with van der Waals surface area (Å²) in [6.45, 7) is 1.96. The molecule has 1 N–H and O–H groups in total. The number of halogens is 1. The van der Waals surface area contributed by atoms with Gasteiger partial charge in [0.2, 0.25) is 0 Å². The number of aryl methyl sites for hydroxylation is 1. The Morgan fingerprint density at radius 2 is 2.16 bits per heavy atom. The summed E-state index contributed by atoms with van der Waals surface area (Å²) in [7, 11) is 0. The van der Waals surface area contributed by atoms with Gasteiger partial charge in [0.25, 0.3) is 0 Å². The molecule has 3 nitrogen and oxygen atoms in total. The van der Waals surface area contributed by atoms with Gasteiger partial charge in [-0.25, -0.2) is 4.98 Å². The third-order valence-electron chi connectivity index (χ3n) is 3.02. The molecule has 0 fully saturated rings. The molecule has 2 heterocycles. The van der Waals surface area contributed by atoms with E-state index in [0.717, 1.165) is 10.9 Å². The number of carbonyl (C=O) groups excluding carboxylic acids is 1. The molecule has 3 aromatic rings. The zero-order valence-electron chi connectivity index (χ0n) is 10.3. The molecule has 0 radical (unpaired) electrons. The highest BCUT2D eigenvalue weighted by molar-refractivity contribution is 6.31. The maximum Gasteiger partial charge on any atom is 0.195 e. The number of pyridine rings is 1. The molecule has 0 atom stereocenters. The second kappa shape index (κ2) is 4.52. The number of benzene rings is 1. The van der Waals surface area contributed by atoms with Gasteiger partial charge >= 0.3 is 0 Å². The van der Waals surface area contributed by atoms with Crippen molar-refractivity contribution in [3.8, 4) is 0 Å². The van der Waals surface area contributed by atoms with Crippen LogP contribution in [0.3, 0.4) is 0 Å².